The Labute approximate surface area is 147 Å². The predicted octanol–water partition coefficient (Wildman–Crippen LogP) is 2.87. The van der Waals surface area contributed by atoms with Crippen molar-refractivity contribution in [2.45, 2.75) is 76.3 Å². The monoisotopic (exact) mass is 353 g/mol. The van der Waals surface area contributed by atoms with Gasteiger partial charge in [-0.1, -0.05) is 19.3 Å². The third-order valence-electron chi connectivity index (χ3n) is 5.05. The van der Waals surface area contributed by atoms with Gasteiger partial charge < -0.3 is 16.0 Å². The molecule has 2 fully saturated rings. The minimum atomic E-state index is -0.568. The summed E-state index contributed by atoms with van der Waals surface area (Å²) in [4.78, 5) is 14.6. The van der Waals surface area contributed by atoms with E-state index in [1.54, 1.807) is 0 Å². The van der Waals surface area contributed by atoms with Gasteiger partial charge in [-0.25, -0.2) is 0 Å². The zero-order chi connectivity index (χ0) is 14.4. The van der Waals surface area contributed by atoms with E-state index in [0.29, 0.717) is 0 Å². The van der Waals surface area contributed by atoms with Gasteiger partial charge in [-0.05, 0) is 58.5 Å². The van der Waals surface area contributed by atoms with E-state index in [1.165, 1.54) is 38.8 Å². The van der Waals surface area contributed by atoms with Gasteiger partial charge in [0.1, 0.15) is 0 Å². The van der Waals surface area contributed by atoms with E-state index in [0.717, 1.165) is 44.7 Å². The van der Waals surface area contributed by atoms with Gasteiger partial charge in [0.15, 0.2) is 0 Å². The molecule has 22 heavy (non-hydrogen) atoms. The van der Waals surface area contributed by atoms with Crippen LogP contribution in [0.25, 0.3) is 0 Å². The smallest absolute Gasteiger partial charge is 0.240 e. The molecule has 0 spiro atoms. The molecule has 132 valence electrons. The molecule has 1 atom stereocenters. The number of likely N-dealkylation sites (tertiary alicyclic amines) is 1. The van der Waals surface area contributed by atoms with Crippen LogP contribution >= 0.6 is 24.8 Å². The Morgan fingerprint density at radius 2 is 1.86 bits per heavy atom. The largest absolute Gasteiger partial charge is 0.355 e. The highest BCUT2D eigenvalue weighted by molar-refractivity contribution is 5.86. The second-order valence-electron chi connectivity index (χ2n) is 6.71. The quantitative estimate of drug-likeness (QED) is 0.721. The van der Waals surface area contributed by atoms with Crippen molar-refractivity contribution < 1.29 is 4.79 Å². The summed E-state index contributed by atoms with van der Waals surface area (Å²) < 4.78 is 0. The molecular formula is C16H33Cl2N3O. The van der Waals surface area contributed by atoms with Crippen molar-refractivity contribution in [1.82, 2.24) is 10.2 Å². The molecule has 1 heterocycles. The van der Waals surface area contributed by atoms with E-state index in [9.17, 15) is 4.79 Å². The lowest BCUT2D eigenvalue weighted by Gasteiger charge is -2.33. The van der Waals surface area contributed by atoms with Gasteiger partial charge in [0.05, 0.1) is 5.54 Å². The summed E-state index contributed by atoms with van der Waals surface area (Å²) in [5.41, 5.74) is 5.56. The van der Waals surface area contributed by atoms with Crippen LogP contribution in [0.1, 0.15) is 64.7 Å². The van der Waals surface area contributed by atoms with Crippen LogP contribution in [-0.2, 0) is 4.79 Å². The highest BCUT2D eigenvalue weighted by atomic mass is 35.5. The van der Waals surface area contributed by atoms with Crippen molar-refractivity contribution in [1.29, 1.82) is 0 Å². The van der Waals surface area contributed by atoms with Crippen LogP contribution in [0.4, 0.5) is 0 Å². The van der Waals surface area contributed by atoms with Crippen LogP contribution in [0.2, 0.25) is 0 Å². The Bertz CT molecular complexity index is 323. The molecular weight excluding hydrogens is 321 g/mol. The Morgan fingerprint density at radius 1 is 1.18 bits per heavy atom. The minimum absolute atomic E-state index is 0. The Balaban J connectivity index is 0.00000220. The van der Waals surface area contributed by atoms with Crippen molar-refractivity contribution in [2.75, 3.05) is 19.6 Å². The third-order valence-corrected chi connectivity index (χ3v) is 5.05. The normalized spacial score (nSPS) is 24.2. The standard InChI is InChI=1S/C16H31N3O.2ClH/c1-14-8-2-6-12-19(14)13-7-5-11-18-15(20)16(17)9-3-4-10-16;;/h14H,2-13,17H2,1H3,(H,18,20);2*1H. The Hall–Kier alpha value is -0.0300. The highest BCUT2D eigenvalue weighted by Crippen LogP contribution is 2.27. The average Bonchev–Trinajstić information content (AvgIpc) is 2.88. The van der Waals surface area contributed by atoms with E-state index in [1.807, 2.05) is 0 Å². The SMILES string of the molecule is CC1CCCCN1CCCCNC(=O)C1(N)CCCC1.Cl.Cl. The summed E-state index contributed by atoms with van der Waals surface area (Å²) in [6.07, 6.45) is 10.2. The van der Waals surface area contributed by atoms with Gasteiger partial charge in [-0.2, -0.15) is 0 Å². The molecule has 0 aromatic heterocycles. The number of hydrogen-bond donors (Lipinski definition) is 2. The summed E-state index contributed by atoms with van der Waals surface area (Å²) in [6, 6.07) is 0.740. The fraction of sp³-hybridized carbons (Fsp3) is 0.938. The lowest BCUT2D eigenvalue weighted by Crippen LogP contribution is -2.52. The number of carbonyl (C=O) groups excluding carboxylic acids is 1. The first-order chi connectivity index (χ1) is 9.62. The second kappa shape index (κ2) is 10.7. The molecule has 1 saturated carbocycles. The maximum absolute atomic E-state index is 12.0. The minimum Gasteiger partial charge on any atom is -0.355 e. The maximum Gasteiger partial charge on any atom is 0.240 e. The molecule has 0 bridgehead atoms. The number of nitrogens with zero attached hydrogens (tertiary/aromatic N) is 1. The van der Waals surface area contributed by atoms with E-state index >= 15 is 0 Å². The first-order valence-electron chi connectivity index (χ1n) is 8.43. The number of carbonyl (C=O) groups is 1. The fourth-order valence-corrected chi connectivity index (χ4v) is 3.54. The van der Waals surface area contributed by atoms with E-state index in [2.05, 4.69) is 17.1 Å². The van der Waals surface area contributed by atoms with Crippen molar-refractivity contribution in [3.63, 3.8) is 0 Å². The number of hydrogen-bond acceptors (Lipinski definition) is 3. The molecule has 1 aliphatic heterocycles. The zero-order valence-electron chi connectivity index (χ0n) is 13.8. The van der Waals surface area contributed by atoms with Crippen molar-refractivity contribution in [2.24, 2.45) is 5.73 Å². The van der Waals surface area contributed by atoms with Gasteiger partial charge >= 0.3 is 0 Å². The average molecular weight is 354 g/mol. The Morgan fingerprint density at radius 3 is 2.50 bits per heavy atom. The lowest BCUT2D eigenvalue weighted by atomic mass is 9.98. The van der Waals surface area contributed by atoms with Gasteiger partial charge in [-0.15, -0.1) is 24.8 Å². The summed E-state index contributed by atoms with van der Waals surface area (Å²) in [5.74, 6) is 0.0707. The van der Waals surface area contributed by atoms with E-state index in [-0.39, 0.29) is 30.7 Å². The molecule has 1 amide bonds. The number of nitrogens with one attached hydrogen (secondary N) is 1. The topological polar surface area (TPSA) is 58.4 Å². The molecule has 2 aliphatic rings. The molecule has 0 radical (unpaired) electrons. The number of nitrogens with two attached hydrogens (primary N) is 1. The Kier molecular flexibility index (Phi) is 10.7. The summed E-state index contributed by atoms with van der Waals surface area (Å²) in [6.45, 7) is 5.53. The van der Waals surface area contributed by atoms with Crippen LogP contribution in [0.5, 0.6) is 0 Å². The predicted molar refractivity (Wildman–Crippen MR) is 97.0 cm³/mol. The lowest BCUT2D eigenvalue weighted by molar-refractivity contribution is -0.126. The van der Waals surface area contributed by atoms with Crippen LogP contribution in [0.3, 0.4) is 0 Å². The van der Waals surface area contributed by atoms with Gasteiger partial charge in [0.2, 0.25) is 5.91 Å². The molecule has 1 unspecified atom stereocenters. The first kappa shape index (κ1) is 22.0. The highest BCUT2D eigenvalue weighted by Gasteiger charge is 2.36. The second-order valence-corrected chi connectivity index (χ2v) is 6.71. The fourth-order valence-electron chi connectivity index (χ4n) is 3.54. The molecule has 0 aromatic carbocycles. The summed E-state index contributed by atoms with van der Waals surface area (Å²) in [5, 5.41) is 3.03. The van der Waals surface area contributed by atoms with Gasteiger partial charge in [0, 0.05) is 12.6 Å². The van der Waals surface area contributed by atoms with Gasteiger partial charge in [-0.3, -0.25) is 4.79 Å². The molecule has 6 heteroatoms. The first-order valence-corrected chi connectivity index (χ1v) is 8.43. The number of unbranched alkanes of at least 4 members (excludes halogenated alkanes) is 1. The molecule has 2 rings (SSSR count). The molecule has 1 saturated heterocycles. The third kappa shape index (κ3) is 6.23. The van der Waals surface area contributed by atoms with Gasteiger partial charge in [0.25, 0.3) is 0 Å². The molecule has 3 N–H and O–H groups in total. The number of piperidine rings is 1. The van der Waals surface area contributed by atoms with Crippen molar-refractivity contribution >= 4 is 30.7 Å². The summed E-state index contributed by atoms with van der Waals surface area (Å²) in [7, 11) is 0. The molecule has 1 aliphatic carbocycles. The number of amides is 1. The van der Waals surface area contributed by atoms with Crippen molar-refractivity contribution in [3.05, 3.63) is 0 Å². The number of halogens is 2. The van der Waals surface area contributed by atoms with Crippen molar-refractivity contribution in [3.8, 4) is 0 Å². The molecule has 4 nitrogen and oxygen atoms in total. The zero-order valence-corrected chi connectivity index (χ0v) is 15.4. The van der Waals surface area contributed by atoms with Crippen LogP contribution in [0.15, 0.2) is 0 Å². The molecule has 0 aromatic rings. The number of rotatable bonds is 6. The van der Waals surface area contributed by atoms with E-state index in [4.69, 9.17) is 5.73 Å². The maximum atomic E-state index is 12.0. The van der Waals surface area contributed by atoms with Crippen LogP contribution in [-0.4, -0.2) is 42.0 Å². The van der Waals surface area contributed by atoms with Crippen LogP contribution < -0.4 is 11.1 Å². The van der Waals surface area contributed by atoms with E-state index < -0.39 is 5.54 Å². The van der Waals surface area contributed by atoms with Crippen LogP contribution in [0, 0.1) is 0 Å². The summed E-state index contributed by atoms with van der Waals surface area (Å²) >= 11 is 0.